The lowest BCUT2D eigenvalue weighted by atomic mass is 9.83. The topological polar surface area (TPSA) is 32.7 Å². The van der Waals surface area contributed by atoms with Crippen LogP contribution in [0.2, 0.25) is 0 Å². The van der Waals surface area contributed by atoms with E-state index in [9.17, 15) is 5.11 Å². The van der Waals surface area contributed by atoms with E-state index in [1.54, 1.807) is 0 Å². The Kier molecular flexibility index (Phi) is 3.30. The summed E-state index contributed by atoms with van der Waals surface area (Å²) in [5.74, 6) is 0.857. The lowest BCUT2D eigenvalue weighted by Crippen LogP contribution is -2.57. The van der Waals surface area contributed by atoms with E-state index in [0.29, 0.717) is 0 Å². The molecule has 0 radical (unpaired) electrons. The highest BCUT2D eigenvalue weighted by Gasteiger charge is 2.47. The molecule has 1 saturated heterocycles. The molecule has 1 aromatic carbocycles. The second-order valence-electron chi connectivity index (χ2n) is 6.83. The number of aliphatic hydroxyl groups excluding tert-OH is 1. The quantitative estimate of drug-likeness (QED) is 0.855. The predicted octanol–water partition coefficient (Wildman–Crippen LogP) is 2.97. The van der Waals surface area contributed by atoms with Crippen molar-refractivity contribution in [2.24, 2.45) is 0 Å². The molecule has 0 saturated carbocycles. The van der Waals surface area contributed by atoms with E-state index in [-0.39, 0.29) is 11.6 Å². The molecular formula is C17H25NO2. The minimum atomic E-state index is -0.465. The van der Waals surface area contributed by atoms with Crippen molar-refractivity contribution in [3.8, 4) is 5.75 Å². The Labute approximate surface area is 121 Å². The summed E-state index contributed by atoms with van der Waals surface area (Å²) in [6.45, 7) is 10.5. The van der Waals surface area contributed by atoms with E-state index >= 15 is 0 Å². The Morgan fingerprint density at radius 2 is 1.85 bits per heavy atom. The molecule has 2 aliphatic heterocycles. The number of aryl methyl sites for hydroxylation is 2. The Morgan fingerprint density at radius 3 is 2.50 bits per heavy atom. The molecule has 1 aromatic rings. The third-order valence-corrected chi connectivity index (χ3v) is 4.71. The fourth-order valence-corrected chi connectivity index (χ4v) is 3.94. The van der Waals surface area contributed by atoms with Gasteiger partial charge in [0, 0.05) is 5.56 Å². The van der Waals surface area contributed by atoms with Crippen LogP contribution in [0, 0.1) is 13.8 Å². The molecule has 0 bridgehead atoms. The molecule has 3 rings (SSSR count). The van der Waals surface area contributed by atoms with Crippen LogP contribution in [0.4, 0.5) is 0 Å². The van der Waals surface area contributed by atoms with Crippen LogP contribution in [0.25, 0.3) is 0 Å². The summed E-state index contributed by atoms with van der Waals surface area (Å²) in [6, 6.07) is 4.22. The van der Waals surface area contributed by atoms with Crippen LogP contribution in [0.3, 0.4) is 0 Å². The lowest BCUT2D eigenvalue weighted by Gasteiger charge is -2.47. The minimum absolute atomic E-state index is 0.0407. The van der Waals surface area contributed by atoms with Crippen molar-refractivity contribution < 1.29 is 9.84 Å². The first-order valence-corrected chi connectivity index (χ1v) is 7.62. The molecule has 2 aliphatic rings. The van der Waals surface area contributed by atoms with Gasteiger partial charge >= 0.3 is 0 Å². The third-order valence-electron chi connectivity index (χ3n) is 4.71. The van der Waals surface area contributed by atoms with E-state index < -0.39 is 6.10 Å². The van der Waals surface area contributed by atoms with Gasteiger partial charge in [-0.1, -0.05) is 6.07 Å². The summed E-state index contributed by atoms with van der Waals surface area (Å²) >= 11 is 0. The van der Waals surface area contributed by atoms with Crippen molar-refractivity contribution in [2.75, 3.05) is 13.1 Å². The maximum atomic E-state index is 11.0. The van der Waals surface area contributed by atoms with E-state index in [0.717, 1.165) is 30.0 Å². The normalized spacial score (nSPS) is 29.1. The van der Waals surface area contributed by atoms with Gasteiger partial charge in [-0.2, -0.15) is 0 Å². The van der Waals surface area contributed by atoms with Gasteiger partial charge in [0.1, 0.15) is 17.5 Å². The second-order valence-corrected chi connectivity index (χ2v) is 6.83. The average Bonchev–Trinajstić information content (AvgIpc) is 2.79. The van der Waals surface area contributed by atoms with Gasteiger partial charge in [0.05, 0.1) is 6.04 Å². The smallest absolute Gasteiger partial charge is 0.126 e. The van der Waals surface area contributed by atoms with Crippen LogP contribution >= 0.6 is 0 Å². The Hall–Kier alpha value is -1.06. The average molecular weight is 275 g/mol. The molecular weight excluding hydrogens is 250 g/mol. The highest BCUT2D eigenvalue weighted by Crippen LogP contribution is 2.44. The molecule has 3 nitrogen and oxygen atoms in total. The zero-order valence-electron chi connectivity index (χ0n) is 12.9. The monoisotopic (exact) mass is 275 g/mol. The molecule has 1 fully saturated rings. The molecule has 2 unspecified atom stereocenters. The van der Waals surface area contributed by atoms with E-state index in [2.05, 4.69) is 38.7 Å². The van der Waals surface area contributed by atoms with Gasteiger partial charge in [0.25, 0.3) is 0 Å². The molecule has 110 valence electrons. The first kappa shape index (κ1) is 13.9. The van der Waals surface area contributed by atoms with Gasteiger partial charge < -0.3 is 9.84 Å². The molecule has 0 aromatic heterocycles. The number of aliphatic hydroxyl groups is 1. The summed E-state index contributed by atoms with van der Waals surface area (Å²) < 4.78 is 6.27. The lowest BCUT2D eigenvalue weighted by molar-refractivity contribution is -0.0760. The summed E-state index contributed by atoms with van der Waals surface area (Å²) in [5, 5.41) is 11.0. The van der Waals surface area contributed by atoms with Gasteiger partial charge in [-0.25, -0.2) is 0 Å². The van der Waals surface area contributed by atoms with Gasteiger partial charge in [0.15, 0.2) is 0 Å². The molecule has 3 heteroatoms. The van der Waals surface area contributed by atoms with Crippen molar-refractivity contribution in [1.29, 1.82) is 0 Å². The van der Waals surface area contributed by atoms with Crippen molar-refractivity contribution in [3.05, 3.63) is 28.8 Å². The van der Waals surface area contributed by atoms with Crippen molar-refractivity contribution in [2.45, 2.75) is 58.3 Å². The number of hydrogen-bond acceptors (Lipinski definition) is 3. The Bertz CT molecular complexity index is 518. The summed E-state index contributed by atoms with van der Waals surface area (Å²) in [7, 11) is 0. The van der Waals surface area contributed by atoms with Crippen molar-refractivity contribution in [3.63, 3.8) is 0 Å². The second kappa shape index (κ2) is 4.74. The van der Waals surface area contributed by atoms with Gasteiger partial charge in [-0.15, -0.1) is 0 Å². The van der Waals surface area contributed by atoms with Crippen molar-refractivity contribution >= 4 is 0 Å². The molecule has 0 aliphatic carbocycles. The predicted molar refractivity (Wildman–Crippen MR) is 80.2 cm³/mol. The number of likely N-dealkylation sites (tertiary alicyclic amines) is 1. The molecule has 0 amide bonds. The maximum Gasteiger partial charge on any atom is 0.126 e. The van der Waals surface area contributed by atoms with Crippen LogP contribution in [-0.2, 0) is 0 Å². The minimum Gasteiger partial charge on any atom is -0.486 e. The number of nitrogens with zero attached hydrogens (tertiary/aromatic N) is 1. The summed E-state index contributed by atoms with van der Waals surface area (Å²) in [5.41, 5.74) is 2.93. The zero-order chi connectivity index (χ0) is 14.5. The van der Waals surface area contributed by atoms with Crippen LogP contribution in [0.1, 0.15) is 49.5 Å². The maximum absolute atomic E-state index is 11.0. The molecule has 2 atom stereocenters. The van der Waals surface area contributed by atoms with Crippen molar-refractivity contribution in [1.82, 2.24) is 4.90 Å². The standard InChI is InChI=1S/C17H25NO2/c1-11-9-12(2)14-13(10-11)20-17(3,4)16(15(14)19)18-7-5-6-8-18/h9-10,15-16,19H,5-8H2,1-4H3. The highest BCUT2D eigenvalue weighted by atomic mass is 16.5. The fourth-order valence-electron chi connectivity index (χ4n) is 3.94. The van der Waals surface area contributed by atoms with Gasteiger partial charge in [-0.05, 0) is 70.8 Å². The van der Waals surface area contributed by atoms with E-state index in [1.807, 2.05) is 6.07 Å². The molecule has 20 heavy (non-hydrogen) atoms. The number of rotatable bonds is 1. The zero-order valence-corrected chi connectivity index (χ0v) is 12.9. The first-order valence-electron chi connectivity index (χ1n) is 7.62. The number of hydrogen-bond donors (Lipinski definition) is 1. The summed E-state index contributed by atoms with van der Waals surface area (Å²) in [4.78, 5) is 2.40. The Balaban J connectivity index is 2.06. The molecule has 1 N–H and O–H groups in total. The number of ether oxygens (including phenoxy) is 1. The van der Waals surface area contributed by atoms with Crippen LogP contribution in [0.5, 0.6) is 5.75 Å². The Morgan fingerprint density at radius 1 is 1.20 bits per heavy atom. The number of fused-ring (bicyclic) bond motifs is 1. The van der Waals surface area contributed by atoms with Crippen LogP contribution < -0.4 is 4.74 Å². The summed E-state index contributed by atoms with van der Waals surface area (Å²) in [6.07, 6.45) is 1.98. The molecule has 2 heterocycles. The van der Waals surface area contributed by atoms with Crippen LogP contribution in [-0.4, -0.2) is 34.7 Å². The van der Waals surface area contributed by atoms with Gasteiger partial charge in [0.2, 0.25) is 0 Å². The fraction of sp³-hybridized carbons (Fsp3) is 0.647. The largest absolute Gasteiger partial charge is 0.486 e. The molecule has 0 spiro atoms. The SMILES string of the molecule is Cc1cc(C)c2c(c1)OC(C)(C)C(N1CCCC1)C2O. The van der Waals surface area contributed by atoms with Gasteiger partial charge in [-0.3, -0.25) is 4.90 Å². The highest BCUT2D eigenvalue weighted by molar-refractivity contribution is 5.47. The van der Waals surface area contributed by atoms with E-state index in [4.69, 9.17) is 4.74 Å². The van der Waals surface area contributed by atoms with Crippen LogP contribution in [0.15, 0.2) is 12.1 Å². The number of benzene rings is 1. The first-order chi connectivity index (χ1) is 9.40. The van der Waals surface area contributed by atoms with E-state index in [1.165, 1.54) is 18.4 Å². The third kappa shape index (κ3) is 2.13.